The monoisotopic (exact) mass is 199 g/mol. The van der Waals surface area contributed by atoms with Gasteiger partial charge in [0, 0.05) is 12.1 Å². The maximum absolute atomic E-state index is 9.51. The molecule has 1 N–H and O–H groups in total. The molecule has 76 valence electrons. The smallest absolute Gasteiger partial charge is 0.376 e. The molecule has 15 heavy (non-hydrogen) atoms. The molecule has 0 spiro atoms. The summed E-state index contributed by atoms with van der Waals surface area (Å²) in [4.78, 5) is 2.04. The van der Waals surface area contributed by atoms with Crippen molar-refractivity contribution in [2.75, 3.05) is 6.54 Å². The van der Waals surface area contributed by atoms with Crippen molar-refractivity contribution >= 4 is 7.05 Å². The number of rotatable bonds is 1. The lowest BCUT2D eigenvalue weighted by Crippen LogP contribution is -2.40. The summed E-state index contributed by atoms with van der Waals surface area (Å²) >= 11 is 0. The highest BCUT2D eigenvalue weighted by Gasteiger charge is 2.21. The van der Waals surface area contributed by atoms with Crippen molar-refractivity contribution in [2.24, 2.45) is 0 Å². The second kappa shape index (κ2) is 4.10. The van der Waals surface area contributed by atoms with Gasteiger partial charge in [-0.15, -0.1) is 6.42 Å². The molecule has 2 nitrogen and oxygen atoms in total. The molecule has 0 fully saturated rings. The van der Waals surface area contributed by atoms with Gasteiger partial charge in [-0.2, -0.15) is 0 Å². The van der Waals surface area contributed by atoms with Crippen LogP contribution in [0.15, 0.2) is 18.2 Å². The Labute approximate surface area is 91.0 Å². The highest BCUT2D eigenvalue weighted by molar-refractivity contribution is 6.45. The Hall–Kier alpha value is -1.24. The van der Waals surface area contributed by atoms with Gasteiger partial charge in [0.25, 0.3) is 0 Å². The van der Waals surface area contributed by atoms with Gasteiger partial charge in [0.05, 0.1) is 0 Å². The van der Waals surface area contributed by atoms with Crippen molar-refractivity contribution in [1.29, 1.82) is 0 Å². The first-order valence-electron chi connectivity index (χ1n) is 5.21. The number of hydrogen-bond acceptors (Lipinski definition) is 2. The summed E-state index contributed by atoms with van der Waals surface area (Å²) in [6.07, 6.45) is 6.36. The Balaban J connectivity index is 2.28. The van der Waals surface area contributed by atoms with Crippen LogP contribution in [-0.4, -0.2) is 23.4 Å². The fourth-order valence-corrected chi connectivity index (χ4v) is 1.99. The summed E-state index contributed by atoms with van der Waals surface area (Å²) in [5.74, 6) is 2.64. The first-order valence-corrected chi connectivity index (χ1v) is 5.21. The summed E-state index contributed by atoms with van der Waals surface area (Å²) < 4.78 is 0. The zero-order valence-corrected chi connectivity index (χ0v) is 8.90. The van der Waals surface area contributed by atoms with Gasteiger partial charge in [0.1, 0.15) is 0 Å². The first-order chi connectivity index (χ1) is 7.20. The Bertz CT molecular complexity index is 409. The number of nitrogens with zero attached hydrogens (tertiary/aromatic N) is 1. The van der Waals surface area contributed by atoms with E-state index in [1.807, 2.05) is 16.9 Å². The minimum atomic E-state index is -0.382. The van der Waals surface area contributed by atoms with E-state index in [0.717, 1.165) is 25.1 Å². The van der Waals surface area contributed by atoms with Gasteiger partial charge in [0.2, 0.25) is 0 Å². The topological polar surface area (TPSA) is 23.5 Å². The molecule has 1 aliphatic rings. The molecule has 0 amide bonds. The lowest BCUT2D eigenvalue weighted by atomic mass is 9.81. The summed E-state index contributed by atoms with van der Waals surface area (Å²) in [7, 11) is -0.382. The van der Waals surface area contributed by atoms with Gasteiger partial charge in [-0.25, -0.2) is 0 Å². The van der Waals surface area contributed by atoms with Crippen LogP contribution in [0.25, 0.3) is 0 Å². The second-order valence-electron chi connectivity index (χ2n) is 3.98. The van der Waals surface area contributed by atoms with E-state index in [1.54, 1.807) is 6.82 Å². The lowest BCUT2D eigenvalue weighted by molar-refractivity contribution is 0.347. The summed E-state index contributed by atoms with van der Waals surface area (Å²) in [5.41, 5.74) is 3.52. The molecule has 0 unspecified atom stereocenters. The van der Waals surface area contributed by atoms with Crippen molar-refractivity contribution in [3.05, 3.63) is 34.9 Å². The summed E-state index contributed by atoms with van der Waals surface area (Å²) in [6, 6.07) is 6.13. The zero-order valence-electron chi connectivity index (χ0n) is 8.90. The summed E-state index contributed by atoms with van der Waals surface area (Å²) in [5, 5.41) is 9.51. The summed E-state index contributed by atoms with van der Waals surface area (Å²) in [6.45, 7) is 3.51. The Morgan fingerprint density at radius 3 is 2.93 bits per heavy atom. The Morgan fingerprint density at radius 1 is 1.47 bits per heavy atom. The highest BCUT2D eigenvalue weighted by atomic mass is 16.2. The van der Waals surface area contributed by atoms with Gasteiger partial charge in [-0.1, -0.05) is 12.0 Å². The molecule has 0 aromatic heterocycles. The van der Waals surface area contributed by atoms with Crippen LogP contribution in [0.4, 0.5) is 0 Å². The van der Waals surface area contributed by atoms with E-state index < -0.39 is 0 Å². The van der Waals surface area contributed by atoms with E-state index in [1.165, 1.54) is 11.1 Å². The first kappa shape index (κ1) is 10.3. The maximum Gasteiger partial charge on any atom is 0.376 e. The zero-order chi connectivity index (χ0) is 10.8. The number of terminal acetylenes is 1. The Morgan fingerprint density at radius 2 is 2.27 bits per heavy atom. The average Bonchev–Trinajstić information content (AvgIpc) is 2.27. The molecule has 2 rings (SSSR count). The third-order valence-corrected chi connectivity index (χ3v) is 2.94. The van der Waals surface area contributed by atoms with Gasteiger partial charge in [-0.3, -0.25) is 0 Å². The largest absolute Gasteiger partial charge is 0.437 e. The highest BCUT2D eigenvalue weighted by Crippen LogP contribution is 2.20. The van der Waals surface area contributed by atoms with Crippen LogP contribution >= 0.6 is 0 Å². The van der Waals surface area contributed by atoms with Gasteiger partial charge < -0.3 is 9.83 Å². The van der Waals surface area contributed by atoms with E-state index in [4.69, 9.17) is 6.42 Å². The fourth-order valence-electron chi connectivity index (χ4n) is 1.99. The van der Waals surface area contributed by atoms with E-state index >= 15 is 0 Å². The van der Waals surface area contributed by atoms with Gasteiger partial charge >= 0.3 is 7.05 Å². The van der Waals surface area contributed by atoms with Crippen LogP contribution in [-0.2, 0) is 13.0 Å². The van der Waals surface area contributed by atoms with E-state index in [0.29, 0.717) is 0 Å². The molecular weight excluding hydrogens is 185 g/mol. The molecule has 0 saturated heterocycles. The molecule has 0 saturated carbocycles. The van der Waals surface area contributed by atoms with Crippen LogP contribution in [0.3, 0.4) is 0 Å². The SMILES string of the molecule is C#Cc1ccc2c(c1)CN(B(C)O)CC2. The van der Waals surface area contributed by atoms with E-state index in [9.17, 15) is 5.02 Å². The van der Waals surface area contributed by atoms with Crippen LogP contribution in [0, 0.1) is 12.3 Å². The molecule has 0 atom stereocenters. The fraction of sp³-hybridized carbons (Fsp3) is 0.333. The number of benzene rings is 1. The van der Waals surface area contributed by atoms with Crippen LogP contribution < -0.4 is 0 Å². The standard InChI is InChI=1S/C12H14BNO/c1-3-10-4-5-11-6-7-14(13(2)15)9-12(11)8-10/h1,4-5,8,15H,6-7,9H2,2H3. The maximum atomic E-state index is 9.51. The van der Waals surface area contributed by atoms with Crippen molar-refractivity contribution in [3.63, 3.8) is 0 Å². The average molecular weight is 199 g/mol. The van der Waals surface area contributed by atoms with Crippen LogP contribution in [0.1, 0.15) is 16.7 Å². The van der Waals surface area contributed by atoms with Crippen molar-refractivity contribution < 1.29 is 5.02 Å². The molecule has 0 aliphatic carbocycles. The third kappa shape index (κ3) is 2.06. The molecule has 0 radical (unpaired) electrons. The third-order valence-electron chi connectivity index (χ3n) is 2.94. The number of fused-ring (bicyclic) bond motifs is 1. The van der Waals surface area contributed by atoms with Crippen LogP contribution in [0.2, 0.25) is 6.82 Å². The van der Waals surface area contributed by atoms with E-state index in [2.05, 4.69) is 12.0 Å². The second-order valence-corrected chi connectivity index (χ2v) is 3.98. The Kier molecular flexibility index (Phi) is 2.81. The van der Waals surface area contributed by atoms with Crippen molar-refractivity contribution in [1.82, 2.24) is 4.81 Å². The van der Waals surface area contributed by atoms with Crippen molar-refractivity contribution in [3.8, 4) is 12.3 Å². The van der Waals surface area contributed by atoms with Crippen LogP contribution in [0.5, 0.6) is 0 Å². The predicted molar refractivity (Wildman–Crippen MR) is 62.3 cm³/mol. The minimum absolute atomic E-state index is 0.382. The van der Waals surface area contributed by atoms with E-state index in [-0.39, 0.29) is 7.05 Å². The molecule has 1 aliphatic heterocycles. The molecule has 1 aromatic rings. The minimum Gasteiger partial charge on any atom is -0.437 e. The normalized spacial score (nSPS) is 15.5. The predicted octanol–water partition coefficient (Wildman–Crippen LogP) is 1.14. The molecule has 0 bridgehead atoms. The van der Waals surface area contributed by atoms with Gasteiger partial charge in [-0.05, 0) is 43.0 Å². The lowest BCUT2D eigenvalue weighted by Gasteiger charge is -2.29. The molecule has 1 aromatic carbocycles. The molecule has 3 heteroatoms. The van der Waals surface area contributed by atoms with Crippen molar-refractivity contribution in [2.45, 2.75) is 19.8 Å². The van der Waals surface area contributed by atoms with Gasteiger partial charge in [0.15, 0.2) is 0 Å². The molecular formula is C12H14BNO. The quantitative estimate of drug-likeness (QED) is 0.541. The number of hydrogen-bond donors (Lipinski definition) is 1. The molecule has 1 heterocycles.